The van der Waals surface area contributed by atoms with Crippen LogP contribution in [0.5, 0.6) is 0 Å². The number of aliphatic hydroxyl groups is 1. The molecule has 0 aliphatic heterocycles. The first-order valence-corrected chi connectivity index (χ1v) is 24.8. The van der Waals surface area contributed by atoms with E-state index in [0.717, 1.165) is 64.2 Å². The second-order valence-corrected chi connectivity index (χ2v) is 18.5. The van der Waals surface area contributed by atoms with E-state index in [9.17, 15) is 19.4 Å². The molecule has 8 nitrogen and oxygen atoms in total. The number of amides is 1. The van der Waals surface area contributed by atoms with E-state index in [0.29, 0.717) is 17.4 Å². The molecule has 2 N–H and O–H groups in total. The number of unbranched alkanes of at least 4 members (excludes halogenated alkanes) is 25. The number of rotatable bonds is 42. The molecule has 0 rings (SSSR count). The summed E-state index contributed by atoms with van der Waals surface area (Å²) < 4.78 is 23.1. The summed E-state index contributed by atoms with van der Waals surface area (Å²) in [6.45, 7) is 4.55. The average molecular weight is 811 g/mol. The van der Waals surface area contributed by atoms with Crippen LogP contribution in [-0.4, -0.2) is 68.5 Å². The molecule has 0 fully saturated rings. The summed E-state index contributed by atoms with van der Waals surface area (Å²) in [6.07, 6.45) is 47.9. The first-order chi connectivity index (χ1) is 27.0. The lowest BCUT2D eigenvalue weighted by Gasteiger charge is -2.29. The van der Waals surface area contributed by atoms with Gasteiger partial charge in [0.15, 0.2) is 0 Å². The van der Waals surface area contributed by atoms with Crippen molar-refractivity contribution in [1.82, 2.24) is 5.32 Å². The Labute approximate surface area is 347 Å². The van der Waals surface area contributed by atoms with Crippen molar-refractivity contribution in [2.24, 2.45) is 0 Å². The van der Waals surface area contributed by atoms with Crippen molar-refractivity contribution in [3.05, 3.63) is 36.5 Å². The van der Waals surface area contributed by atoms with Crippen LogP contribution in [0.25, 0.3) is 0 Å². The molecule has 0 aliphatic rings. The van der Waals surface area contributed by atoms with Crippen molar-refractivity contribution in [1.29, 1.82) is 0 Å². The minimum atomic E-state index is -4.59. The molecule has 0 spiro atoms. The van der Waals surface area contributed by atoms with E-state index in [1.165, 1.54) is 122 Å². The third-order valence-electron chi connectivity index (χ3n) is 10.3. The molecule has 0 aromatic heterocycles. The van der Waals surface area contributed by atoms with Crippen LogP contribution in [0.3, 0.4) is 0 Å². The van der Waals surface area contributed by atoms with E-state index in [2.05, 4.69) is 43.5 Å². The third kappa shape index (κ3) is 40.9. The average Bonchev–Trinajstić information content (AvgIpc) is 3.15. The Morgan fingerprint density at radius 3 is 1.52 bits per heavy atom. The van der Waals surface area contributed by atoms with Crippen LogP contribution in [0.1, 0.15) is 206 Å². The van der Waals surface area contributed by atoms with Gasteiger partial charge in [-0.1, -0.05) is 185 Å². The fourth-order valence-corrected chi connectivity index (χ4v) is 7.31. The number of allylic oxidation sites excluding steroid dienone is 5. The monoisotopic (exact) mass is 811 g/mol. The van der Waals surface area contributed by atoms with Crippen LogP contribution in [-0.2, 0) is 18.4 Å². The predicted octanol–water partition coefficient (Wildman–Crippen LogP) is 12.5. The molecule has 0 bridgehead atoms. The minimum Gasteiger partial charge on any atom is -0.756 e. The first-order valence-electron chi connectivity index (χ1n) is 23.4. The molecule has 330 valence electrons. The van der Waals surface area contributed by atoms with Gasteiger partial charge in [-0.25, -0.2) is 0 Å². The standard InChI is InChI=1S/C47H91N2O6P/c1-6-8-10-12-14-16-18-19-20-21-22-23-24-25-26-27-28-29-30-31-32-34-36-38-40-46(50)45(44-55-56(52,53)54-43-42-49(3,4)5)48-47(51)41-39-37-35-33-17-15-13-11-9-7-2/h11,13,31-32,38,40,45-46,50H,6-10,12,14-30,33-37,39,41-44H2,1-5H3,(H-,48,51,52,53)/b13-11-,32-31+,40-38+. The van der Waals surface area contributed by atoms with Gasteiger partial charge in [0.25, 0.3) is 7.82 Å². The Morgan fingerprint density at radius 2 is 1.04 bits per heavy atom. The molecular weight excluding hydrogens is 719 g/mol. The van der Waals surface area contributed by atoms with Crippen molar-refractivity contribution in [3.8, 4) is 0 Å². The molecule has 1 amide bonds. The maximum Gasteiger partial charge on any atom is 0.268 e. The lowest BCUT2D eigenvalue weighted by Crippen LogP contribution is -2.45. The van der Waals surface area contributed by atoms with Gasteiger partial charge in [0.1, 0.15) is 13.2 Å². The van der Waals surface area contributed by atoms with Crippen LogP contribution in [0.15, 0.2) is 36.5 Å². The number of hydrogen-bond acceptors (Lipinski definition) is 6. The Morgan fingerprint density at radius 1 is 0.607 bits per heavy atom. The molecule has 56 heavy (non-hydrogen) atoms. The number of carbonyl (C=O) groups excluding carboxylic acids is 1. The molecule has 0 saturated heterocycles. The first kappa shape index (κ1) is 54.7. The van der Waals surface area contributed by atoms with Crippen molar-refractivity contribution in [2.45, 2.75) is 219 Å². The van der Waals surface area contributed by atoms with Gasteiger partial charge in [0, 0.05) is 6.42 Å². The normalized spacial score (nSPS) is 14.6. The summed E-state index contributed by atoms with van der Waals surface area (Å²) in [7, 11) is 1.24. The zero-order chi connectivity index (χ0) is 41.4. The molecule has 0 saturated carbocycles. The number of carbonyl (C=O) groups is 1. The summed E-state index contributed by atoms with van der Waals surface area (Å²) in [5.41, 5.74) is 0. The molecule has 0 aromatic carbocycles. The van der Waals surface area contributed by atoms with E-state index in [4.69, 9.17) is 9.05 Å². The zero-order valence-electron chi connectivity index (χ0n) is 37.3. The highest BCUT2D eigenvalue weighted by molar-refractivity contribution is 7.45. The van der Waals surface area contributed by atoms with Crippen LogP contribution < -0.4 is 10.2 Å². The Bertz CT molecular complexity index is 1010. The number of hydrogen-bond donors (Lipinski definition) is 2. The van der Waals surface area contributed by atoms with Crippen LogP contribution in [0.4, 0.5) is 0 Å². The number of nitrogens with zero attached hydrogens (tertiary/aromatic N) is 1. The van der Waals surface area contributed by atoms with Gasteiger partial charge in [-0.2, -0.15) is 0 Å². The molecule has 3 atom stereocenters. The van der Waals surface area contributed by atoms with Gasteiger partial charge in [-0.05, 0) is 51.4 Å². The molecule has 0 heterocycles. The van der Waals surface area contributed by atoms with E-state index >= 15 is 0 Å². The molecular formula is C47H91N2O6P. The maximum atomic E-state index is 12.8. The SMILES string of the molecule is CCC/C=C\CCCCCCCC(=O)NC(COP(=O)([O-])OCC[N+](C)(C)C)C(O)/C=C/CC/C=C/CCCCCCCCCCCCCCCCCCCC. The van der Waals surface area contributed by atoms with Gasteiger partial charge in [-0.15, -0.1) is 0 Å². The number of nitrogens with one attached hydrogen (secondary N) is 1. The van der Waals surface area contributed by atoms with Crippen molar-refractivity contribution < 1.29 is 32.9 Å². The quantitative estimate of drug-likeness (QED) is 0.0275. The highest BCUT2D eigenvalue weighted by atomic mass is 31.2. The largest absolute Gasteiger partial charge is 0.756 e. The molecule has 0 aliphatic carbocycles. The number of aliphatic hydroxyl groups excluding tert-OH is 1. The van der Waals surface area contributed by atoms with E-state index in [1.54, 1.807) is 6.08 Å². The van der Waals surface area contributed by atoms with Crippen LogP contribution in [0, 0.1) is 0 Å². The van der Waals surface area contributed by atoms with E-state index < -0.39 is 26.6 Å². The summed E-state index contributed by atoms with van der Waals surface area (Å²) in [5.74, 6) is -0.220. The highest BCUT2D eigenvalue weighted by Gasteiger charge is 2.23. The fraction of sp³-hybridized carbons (Fsp3) is 0.851. The molecule has 0 aromatic rings. The summed E-state index contributed by atoms with van der Waals surface area (Å²) >= 11 is 0. The summed E-state index contributed by atoms with van der Waals surface area (Å²) in [5, 5.41) is 13.7. The van der Waals surface area contributed by atoms with Gasteiger partial charge in [-0.3, -0.25) is 9.36 Å². The Balaban J connectivity index is 4.30. The molecule has 9 heteroatoms. The number of likely N-dealkylation sites (N-methyl/N-ethyl adjacent to an activating group) is 1. The lowest BCUT2D eigenvalue weighted by molar-refractivity contribution is -0.870. The lowest BCUT2D eigenvalue weighted by atomic mass is 10.0. The second-order valence-electron chi connectivity index (χ2n) is 17.1. The topological polar surface area (TPSA) is 108 Å². The number of phosphoric acid groups is 1. The predicted molar refractivity (Wildman–Crippen MR) is 238 cm³/mol. The highest BCUT2D eigenvalue weighted by Crippen LogP contribution is 2.38. The van der Waals surface area contributed by atoms with Gasteiger partial charge in [0.2, 0.25) is 5.91 Å². The zero-order valence-corrected chi connectivity index (χ0v) is 38.2. The number of quaternary nitrogens is 1. The molecule has 0 radical (unpaired) electrons. The second kappa shape index (κ2) is 39.2. The minimum absolute atomic E-state index is 0.00809. The third-order valence-corrected chi connectivity index (χ3v) is 11.3. The Hall–Kier alpha value is -1.28. The maximum absolute atomic E-state index is 12.8. The summed E-state index contributed by atoms with van der Waals surface area (Å²) in [4.78, 5) is 25.2. The van der Waals surface area contributed by atoms with Crippen molar-refractivity contribution >= 4 is 13.7 Å². The fourth-order valence-electron chi connectivity index (χ4n) is 6.58. The molecule has 3 unspecified atom stereocenters. The van der Waals surface area contributed by atoms with Gasteiger partial charge < -0.3 is 28.8 Å². The van der Waals surface area contributed by atoms with Crippen LogP contribution in [0.2, 0.25) is 0 Å². The number of phosphoric ester groups is 1. The van der Waals surface area contributed by atoms with Gasteiger partial charge in [0.05, 0.1) is 39.9 Å². The smallest absolute Gasteiger partial charge is 0.268 e. The van der Waals surface area contributed by atoms with Crippen molar-refractivity contribution in [3.63, 3.8) is 0 Å². The van der Waals surface area contributed by atoms with Crippen molar-refractivity contribution in [2.75, 3.05) is 40.9 Å². The van der Waals surface area contributed by atoms with E-state index in [-0.39, 0.29) is 12.5 Å². The van der Waals surface area contributed by atoms with Gasteiger partial charge >= 0.3 is 0 Å². The van der Waals surface area contributed by atoms with Crippen LogP contribution >= 0.6 is 7.82 Å². The Kier molecular flexibility index (Phi) is 38.3. The summed E-state index contributed by atoms with van der Waals surface area (Å²) in [6, 6.07) is -0.905. The van der Waals surface area contributed by atoms with E-state index in [1.807, 2.05) is 27.2 Å².